The molecule has 3 heteroatoms. The molecule has 2 atom stereocenters. The van der Waals surface area contributed by atoms with Crippen LogP contribution < -0.4 is 4.74 Å². The lowest BCUT2D eigenvalue weighted by atomic mass is 9.50. The Morgan fingerprint density at radius 2 is 1.93 bits per heavy atom. The van der Waals surface area contributed by atoms with Gasteiger partial charge >= 0.3 is 0 Å². The van der Waals surface area contributed by atoms with Crippen molar-refractivity contribution in [2.75, 3.05) is 0 Å². The van der Waals surface area contributed by atoms with E-state index in [1.807, 2.05) is 12.1 Å². The summed E-state index contributed by atoms with van der Waals surface area (Å²) in [5.74, 6) is 0.968. The topological polar surface area (TPSA) is 29.5 Å². The molecule has 0 spiro atoms. The molecule has 1 N–H and O–H groups in total. The summed E-state index contributed by atoms with van der Waals surface area (Å²) in [4.78, 5) is 0. The highest BCUT2D eigenvalue weighted by atomic mass is 19.1. The number of hydrogen-bond acceptors (Lipinski definition) is 2. The predicted molar refractivity (Wildman–Crippen MR) is 106 cm³/mol. The molecule has 2 aromatic carbocycles. The Hall–Kier alpha value is -2.03. The van der Waals surface area contributed by atoms with E-state index in [-0.39, 0.29) is 23.6 Å². The normalized spacial score (nSPS) is 26.1. The van der Waals surface area contributed by atoms with Crippen molar-refractivity contribution < 1.29 is 14.2 Å². The number of halogens is 1. The van der Waals surface area contributed by atoms with Gasteiger partial charge in [0.05, 0.1) is 0 Å². The van der Waals surface area contributed by atoms with Crippen LogP contribution in [-0.2, 0) is 18.4 Å². The molecule has 0 aliphatic heterocycles. The number of phenols is 1. The maximum Gasteiger partial charge on any atom is 0.161 e. The quantitative estimate of drug-likeness (QED) is 0.705. The molecule has 0 unspecified atom stereocenters. The van der Waals surface area contributed by atoms with Crippen LogP contribution in [0.25, 0.3) is 0 Å². The van der Waals surface area contributed by atoms with Crippen molar-refractivity contribution in [2.45, 2.75) is 64.9 Å². The second-order valence-electron chi connectivity index (χ2n) is 9.21. The van der Waals surface area contributed by atoms with Crippen molar-refractivity contribution in [3.63, 3.8) is 0 Å². The smallest absolute Gasteiger partial charge is 0.161 e. The van der Waals surface area contributed by atoms with E-state index in [2.05, 4.69) is 20.8 Å². The van der Waals surface area contributed by atoms with Gasteiger partial charge in [0, 0.05) is 5.56 Å². The van der Waals surface area contributed by atoms with Gasteiger partial charge in [-0.1, -0.05) is 45.4 Å². The van der Waals surface area contributed by atoms with Gasteiger partial charge in [0.15, 0.2) is 11.5 Å². The van der Waals surface area contributed by atoms with E-state index < -0.39 is 0 Å². The first-order valence-corrected chi connectivity index (χ1v) is 10.0. The summed E-state index contributed by atoms with van der Waals surface area (Å²) in [6.45, 7) is 7.30. The summed E-state index contributed by atoms with van der Waals surface area (Å²) >= 11 is 0. The maximum atomic E-state index is 13.9. The third kappa shape index (κ3) is 3.11. The van der Waals surface area contributed by atoms with Crippen LogP contribution in [0.2, 0.25) is 0 Å². The fraction of sp³-hybridized carbons (Fsp3) is 0.500. The Balaban J connectivity index is 1.67. The molecule has 0 saturated heterocycles. The predicted octanol–water partition coefficient (Wildman–Crippen LogP) is 6.14. The lowest BCUT2D eigenvalue weighted by Gasteiger charge is -2.54. The maximum absolute atomic E-state index is 13.9. The summed E-state index contributed by atoms with van der Waals surface area (Å²) < 4.78 is 19.7. The Labute approximate surface area is 161 Å². The zero-order chi connectivity index (χ0) is 19.2. The standard InChI is InChI=1S/C24H29FO2/c1-23(2)11-6-12-24(3)18-14-21(20(26)13-16(18)9-10-22(23)24)27-15-17-7-4-5-8-19(17)25/h4-5,7-8,13-14,22,26H,6,9-12,15H2,1-3H3/t22-,24-/m1/s1. The van der Waals surface area contributed by atoms with Crippen molar-refractivity contribution in [2.24, 2.45) is 11.3 Å². The van der Waals surface area contributed by atoms with Crippen LogP contribution in [0, 0.1) is 17.2 Å². The van der Waals surface area contributed by atoms with Crippen molar-refractivity contribution >= 4 is 0 Å². The van der Waals surface area contributed by atoms with E-state index in [4.69, 9.17) is 4.74 Å². The van der Waals surface area contributed by atoms with Gasteiger partial charge in [-0.2, -0.15) is 0 Å². The molecule has 2 aliphatic carbocycles. The number of benzene rings is 2. The minimum Gasteiger partial charge on any atom is -0.504 e. The van der Waals surface area contributed by atoms with Crippen molar-refractivity contribution in [1.82, 2.24) is 0 Å². The van der Waals surface area contributed by atoms with E-state index in [0.29, 0.717) is 22.6 Å². The summed E-state index contributed by atoms with van der Waals surface area (Å²) in [7, 11) is 0. The Morgan fingerprint density at radius 3 is 2.70 bits per heavy atom. The highest BCUT2D eigenvalue weighted by Crippen LogP contribution is 2.58. The highest BCUT2D eigenvalue weighted by molar-refractivity contribution is 5.51. The first-order chi connectivity index (χ1) is 12.8. The molecule has 2 aliphatic rings. The fourth-order valence-corrected chi connectivity index (χ4v) is 5.69. The zero-order valence-corrected chi connectivity index (χ0v) is 16.5. The average molecular weight is 368 g/mol. The lowest BCUT2D eigenvalue weighted by molar-refractivity contribution is 0.0404. The molecule has 0 bridgehead atoms. The summed E-state index contributed by atoms with van der Waals surface area (Å²) in [5.41, 5.74) is 3.49. The van der Waals surface area contributed by atoms with Gasteiger partial charge in [-0.25, -0.2) is 4.39 Å². The van der Waals surface area contributed by atoms with Crippen LogP contribution in [-0.4, -0.2) is 5.11 Å². The third-order valence-corrected chi connectivity index (χ3v) is 7.07. The van der Waals surface area contributed by atoms with Crippen molar-refractivity contribution in [1.29, 1.82) is 0 Å². The van der Waals surface area contributed by atoms with Gasteiger partial charge in [0.25, 0.3) is 0 Å². The highest BCUT2D eigenvalue weighted by Gasteiger charge is 2.49. The first-order valence-electron chi connectivity index (χ1n) is 10.0. The minimum absolute atomic E-state index is 0.110. The molecular formula is C24H29FO2. The fourth-order valence-electron chi connectivity index (χ4n) is 5.69. The van der Waals surface area contributed by atoms with Crippen LogP contribution >= 0.6 is 0 Å². The number of phenolic OH excluding ortho intramolecular Hbond substituents is 1. The monoisotopic (exact) mass is 368 g/mol. The second-order valence-corrected chi connectivity index (χ2v) is 9.21. The lowest BCUT2D eigenvalue weighted by Crippen LogP contribution is -2.47. The van der Waals surface area contributed by atoms with Crippen LogP contribution in [0.4, 0.5) is 4.39 Å². The molecule has 2 nitrogen and oxygen atoms in total. The van der Waals surface area contributed by atoms with Crippen LogP contribution in [0.15, 0.2) is 36.4 Å². The number of fused-ring (bicyclic) bond motifs is 3. The number of rotatable bonds is 3. The molecular weight excluding hydrogens is 339 g/mol. The Bertz CT molecular complexity index is 857. The van der Waals surface area contributed by atoms with Gasteiger partial charge in [-0.05, 0) is 71.8 Å². The molecule has 0 radical (unpaired) electrons. The van der Waals surface area contributed by atoms with Crippen LogP contribution in [0.1, 0.15) is 63.1 Å². The number of aromatic hydroxyl groups is 1. The Kier molecular flexibility index (Phi) is 4.44. The number of aryl methyl sites for hydroxylation is 1. The van der Waals surface area contributed by atoms with Crippen LogP contribution in [0.3, 0.4) is 0 Å². The summed E-state index contributed by atoms with van der Waals surface area (Å²) in [5, 5.41) is 10.5. The molecule has 0 heterocycles. The minimum atomic E-state index is -0.281. The molecule has 1 fully saturated rings. The van der Waals surface area contributed by atoms with E-state index in [9.17, 15) is 9.50 Å². The Morgan fingerprint density at radius 1 is 1.15 bits per heavy atom. The SMILES string of the molecule is CC1(C)CCC[C@]2(C)c3cc(OCc4ccccc4F)c(O)cc3CC[C@H]12. The molecule has 0 amide bonds. The van der Waals surface area contributed by atoms with Gasteiger partial charge in [0.1, 0.15) is 12.4 Å². The molecule has 2 aromatic rings. The summed E-state index contributed by atoms with van der Waals surface area (Å²) in [6, 6.07) is 10.5. The molecule has 4 rings (SSSR count). The van der Waals surface area contributed by atoms with Crippen molar-refractivity contribution in [3.05, 3.63) is 58.9 Å². The van der Waals surface area contributed by atoms with Gasteiger partial charge in [-0.15, -0.1) is 0 Å². The molecule has 1 saturated carbocycles. The largest absolute Gasteiger partial charge is 0.504 e. The van der Waals surface area contributed by atoms with E-state index in [1.165, 1.54) is 42.9 Å². The molecule has 0 aromatic heterocycles. The van der Waals surface area contributed by atoms with Crippen molar-refractivity contribution in [3.8, 4) is 11.5 Å². The number of ether oxygens (including phenoxy) is 1. The summed E-state index contributed by atoms with van der Waals surface area (Å²) in [6.07, 6.45) is 5.85. The molecule has 144 valence electrons. The van der Waals surface area contributed by atoms with E-state index in [1.54, 1.807) is 18.2 Å². The van der Waals surface area contributed by atoms with Gasteiger partial charge in [0.2, 0.25) is 0 Å². The second kappa shape index (κ2) is 6.54. The third-order valence-electron chi connectivity index (χ3n) is 7.07. The van der Waals surface area contributed by atoms with Gasteiger partial charge in [-0.3, -0.25) is 0 Å². The average Bonchev–Trinajstić information content (AvgIpc) is 2.60. The molecule has 27 heavy (non-hydrogen) atoms. The number of hydrogen-bond donors (Lipinski definition) is 1. The zero-order valence-electron chi connectivity index (χ0n) is 16.5. The van der Waals surface area contributed by atoms with E-state index in [0.717, 1.165) is 6.42 Å². The van der Waals surface area contributed by atoms with Crippen LogP contribution in [0.5, 0.6) is 11.5 Å². The first kappa shape index (κ1) is 18.3. The van der Waals surface area contributed by atoms with E-state index >= 15 is 0 Å². The van der Waals surface area contributed by atoms with Gasteiger partial charge < -0.3 is 9.84 Å².